The monoisotopic (exact) mass is 201 g/mol. The largest absolute Gasteiger partial charge is 0.298 e. The van der Waals surface area contributed by atoms with E-state index in [0.717, 1.165) is 21.9 Å². The van der Waals surface area contributed by atoms with E-state index < -0.39 is 0 Å². The van der Waals surface area contributed by atoms with Crippen LogP contribution in [0, 0.1) is 18.3 Å². The Hall–Kier alpha value is -1.66. The molecule has 0 atom stereocenters. The summed E-state index contributed by atoms with van der Waals surface area (Å²) < 4.78 is 1.00. The molecule has 2 nitrogen and oxygen atoms in total. The molecule has 1 aromatic heterocycles. The molecule has 1 aromatic carbocycles. The number of carbonyl (C=O) groups excluding carboxylic acids is 1. The van der Waals surface area contributed by atoms with Crippen molar-refractivity contribution in [3.63, 3.8) is 0 Å². The third-order valence-corrected chi connectivity index (χ3v) is 3.19. The minimum atomic E-state index is 0.566. The Kier molecular flexibility index (Phi) is 2.06. The summed E-state index contributed by atoms with van der Waals surface area (Å²) in [7, 11) is 0. The summed E-state index contributed by atoms with van der Waals surface area (Å²) in [6.07, 6.45) is 0.773. The number of hydrogen-bond donors (Lipinski definition) is 0. The number of thiophene rings is 1. The van der Waals surface area contributed by atoms with Crippen LogP contribution in [0.25, 0.3) is 10.1 Å². The quantitative estimate of drug-likeness (QED) is 0.665. The molecule has 0 fully saturated rings. The Morgan fingerprint density at radius 2 is 2.29 bits per heavy atom. The molecular weight excluding hydrogens is 194 g/mol. The predicted octanol–water partition coefficient (Wildman–Crippen LogP) is 2.89. The standard InChI is InChI=1S/C11H7NOS/c1-7-6-14-10-3-8(5-13)2-9(4-12)11(7)10/h2-3,5-6H,1H3. The number of rotatable bonds is 1. The minimum Gasteiger partial charge on any atom is -0.298 e. The first-order chi connectivity index (χ1) is 6.76. The molecule has 0 amide bonds. The van der Waals surface area contributed by atoms with E-state index >= 15 is 0 Å². The van der Waals surface area contributed by atoms with Crippen LogP contribution in [0.2, 0.25) is 0 Å². The molecule has 0 spiro atoms. The van der Waals surface area contributed by atoms with Gasteiger partial charge in [-0.2, -0.15) is 5.26 Å². The van der Waals surface area contributed by atoms with Crippen molar-refractivity contribution in [2.24, 2.45) is 0 Å². The maximum Gasteiger partial charge on any atom is 0.150 e. The van der Waals surface area contributed by atoms with Gasteiger partial charge in [-0.1, -0.05) is 0 Å². The second-order valence-corrected chi connectivity index (χ2v) is 4.00. The zero-order valence-electron chi connectivity index (χ0n) is 7.57. The molecular formula is C11H7NOS. The van der Waals surface area contributed by atoms with Crippen molar-refractivity contribution in [2.45, 2.75) is 6.92 Å². The summed E-state index contributed by atoms with van der Waals surface area (Å²) >= 11 is 1.56. The van der Waals surface area contributed by atoms with Crippen LogP contribution in [-0.2, 0) is 0 Å². The van der Waals surface area contributed by atoms with Gasteiger partial charge in [0, 0.05) is 15.6 Å². The normalized spacial score (nSPS) is 10.0. The fourth-order valence-corrected chi connectivity index (χ4v) is 2.52. The molecule has 0 saturated heterocycles. The van der Waals surface area contributed by atoms with Crippen LogP contribution >= 0.6 is 11.3 Å². The SMILES string of the molecule is Cc1csc2cc(C=O)cc(C#N)c12. The molecule has 0 N–H and O–H groups in total. The Morgan fingerprint density at radius 3 is 2.93 bits per heavy atom. The van der Waals surface area contributed by atoms with E-state index in [1.165, 1.54) is 0 Å². The molecule has 0 aliphatic carbocycles. The molecule has 0 bridgehead atoms. The fraction of sp³-hybridized carbons (Fsp3) is 0.0909. The van der Waals surface area contributed by atoms with Crippen molar-refractivity contribution in [3.8, 4) is 6.07 Å². The van der Waals surface area contributed by atoms with Crippen LogP contribution in [0.5, 0.6) is 0 Å². The van der Waals surface area contributed by atoms with Crippen LogP contribution < -0.4 is 0 Å². The van der Waals surface area contributed by atoms with Crippen molar-refractivity contribution >= 4 is 27.7 Å². The summed E-state index contributed by atoms with van der Waals surface area (Å²) in [6, 6.07) is 5.57. The molecule has 14 heavy (non-hydrogen) atoms. The van der Waals surface area contributed by atoms with Crippen LogP contribution in [0.1, 0.15) is 21.5 Å². The van der Waals surface area contributed by atoms with E-state index in [2.05, 4.69) is 6.07 Å². The van der Waals surface area contributed by atoms with Gasteiger partial charge < -0.3 is 0 Å². The fourth-order valence-electron chi connectivity index (χ4n) is 1.50. The van der Waals surface area contributed by atoms with Gasteiger partial charge in [-0.25, -0.2) is 0 Å². The average Bonchev–Trinajstić information content (AvgIpc) is 2.59. The van der Waals surface area contributed by atoms with Gasteiger partial charge in [0.2, 0.25) is 0 Å². The van der Waals surface area contributed by atoms with Crippen molar-refractivity contribution in [1.82, 2.24) is 0 Å². The van der Waals surface area contributed by atoms with Gasteiger partial charge in [0.1, 0.15) is 6.29 Å². The summed E-state index contributed by atoms with van der Waals surface area (Å²) in [6.45, 7) is 1.97. The Labute approximate surface area is 85.4 Å². The van der Waals surface area contributed by atoms with Crippen LogP contribution in [0.15, 0.2) is 17.5 Å². The second kappa shape index (κ2) is 3.24. The highest BCUT2D eigenvalue weighted by atomic mass is 32.1. The first-order valence-corrected chi connectivity index (χ1v) is 5.01. The summed E-state index contributed by atoms with van der Waals surface area (Å²) in [5.74, 6) is 0. The maximum absolute atomic E-state index is 10.6. The number of fused-ring (bicyclic) bond motifs is 1. The van der Waals surface area contributed by atoms with Gasteiger partial charge in [-0.15, -0.1) is 11.3 Å². The Morgan fingerprint density at radius 1 is 1.50 bits per heavy atom. The number of nitrogens with zero attached hydrogens (tertiary/aromatic N) is 1. The molecule has 68 valence electrons. The van der Waals surface area contributed by atoms with Crippen LogP contribution in [0.3, 0.4) is 0 Å². The lowest BCUT2D eigenvalue weighted by Crippen LogP contribution is -1.84. The van der Waals surface area contributed by atoms with Gasteiger partial charge >= 0.3 is 0 Å². The summed E-state index contributed by atoms with van der Waals surface area (Å²) in [5.41, 5.74) is 2.25. The van der Waals surface area contributed by atoms with Gasteiger partial charge in [0.25, 0.3) is 0 Å². The van der Waals surface area contributed by atoms with Gasteiger partial charge in [0.15, 0.2) is 0 Å². The van der Waals surface area contributed by atoms with Gasteiger partial charge in [-0.3, -0.25) is 4.79 Å². The molecule has 0 saturated carbocycles. The molecule has 2 rings (SSSR count). The zero-order valence-corrected chi connectivity index (χ0v) is 8.39. The van der Waals surface area contributed by atoms with E-state index in [1.54, 1.807) is 17.4 Å². The van der Waals surface area contributed by atoms with Gasteiger partial charge in [0.05, 0.1) is 11.6 Å². The molecule has 0 unspecified atom stereocenters. The third-order valence-electron chi connectivity index (χ3n) is 2.14. The van der Waals surface area contributed by atoms with E-state index in [-0.39, 0.29) is 0 Å². The Balaban J connectivity index is 2.91. The molecule has 3 heteroatoms. The molecule has 0 radical (unpaired) electrons. The highest BCUT2D eigenvalue weighted by molar-refractivity contribution is 7.17. The first kappa shape index (κ1) is 8.92. The van der Waals surface area contributed by atoms with Crippen molar-refractivity contribution in [2.75, 3.05) is 0 Å². The van der Waals surface area contributed by atoms with Crippen molar-refractivity contribution in [1.29, 1.82) is 5.26 Å². The van der Waals surface area contributed by atoms with Crippen molar-refractivity contribution in [3.05, 3.63) is 34.2 Å². The highest BCUT2D eigenvalue weighted by Gasteiger charge is 2.07. The number of aryl methyl sites for hydroxylation is 1. The number of benzene rings is 1. The number of carbonyl (C=O) groups is 1. The molecule has 2 aromatic rings. The second-order valence-electron chi connectivity index (χ2n) is 3.09. The van der Waals surface area contributed by atoms with Crippen LogP contribution in [-0.4, -0.2) is 6.29 Å². The zero-order chi connectivity index (χ0) is 10.1. The minimum absolute atomic E-state index is 0.566. The van der Waals surface area contributed by atoms with Crippen LogP contribution in [0.4, 0.5) is 0 Å². The van der Waals surface area contributed by atoms with Gasteiger partial charge in [-0.05, 0) is 30.0 Å². The molecule has 0 aliphatic rings. The van der Waals surface area contributed by atoms with Crippen molar-refractivity contribution < 1.29 is 4.79 Å². The highest BCUT2D eigenvalue weighted by Crippen LogP contribution is 2.29. The number of nitriles is 1. The van der Waals surface area contributed by atoms with E-state index in [9.17, 15) is 4.79 Å². The topological polar surface area (TPSA) is 40.9 Å². The lowest BCUT2D eigenvalue weighted by Gasteiger charge is -1.97. The van der Waals surface area contributed by atoms with E-state index in [0.29, 0.717) is 11.1 Å². The van der Waals surface area contributed by atoms with E-state index in [1.807, 2.05) is 18.4 Å². The lowest BCUT2D eigenvalue weighted by molar-refractivity contribution is 0.112. The lowest BCUT2D eigenvalue weighted by atomic mass is 10.1. The number of hydrogen-bond acceptors (Lipinski definition) is 3. The molecule has 0 aliphatic heterocycles. The smallest absolute Gasteiger partial charge is 0.150 e. The third kappa shape index (κ3) is 1.21. The molecule has 1 heterocycles. The average molecular weight is 201 g/mol. The first-order valence-electron chi connectivity index (χ1n) is 4.13. The number of aldehydes is 1. The predicted molar refractivity (Wildman–Crippen MR) is 56.7 cm³/mol. The Bertz CT molecular complexity index is 548. The maximum atomic E-state index is 10.6. The van der Waals surface area contributed by atoms with E-state index in [4.69, 9.17) is 5.26 Å². The summed E-state index contributed by atoms with van der Waals surface area (Å²) in [4.78, 5) is 10.6. The summed E-state index contributed by atoms with van der Waals surface area (Å²) in [5, 5.41) is 11.9.